The van der Waals surface area contributed by atoms with Crippen molar-refractivity contribution in [2.24, 2.45) is 0 Å². The molecule has 2 heterocycles. The van der Waals surface area contributed by atoms with Crippen LogP contribution in [0.1, 0.15) is 16.8 Å². The van der Waals surface area contributed by atoms with Gasteiger partial charge in [0.1, 0.15) is 5.01 Å². The molecule has 0 aliphatic carbocycles. The number of amides is 1. The minimum absolute atomic E-state index is 0.172. The Hall–Kier alpha value is -2.66. The molecule has 0 bridgehead atoms. The van der Waals surface area contributed by atoms with Crippen molar-refractivity contribution < 1.29 is 4.79 Å². The number of carbonyl (C=O) groups is 1. The molecule has 0 saturated carbocycles. The maximum Gasteiger partial charge on any atom is 0.228 e. The van der Waals surface area contributed by atoms with Crippen LogP contribution in [-0.2, 0) is 11.2 Å². The van der Waals surface area contributed by atoms with Gasteiger partial charge in [0, 0.05) is 42.8 Å². The fourth-order valence-corrected chi connectivity index (χ4v) is 4.50. The lowest BCUT2D eigenvalue weighted by atomic mass is 10.1. The fourth-order valence-electron chi connectivity index (χ4n) is 3.68. The first-order valence-corrected chi connectivity index (χ1v) is 10.6. The number of carbonyl (C=O) groups excluding carboxylic acids is 1. The lowest BCUT2D eigenvalue weighted by Gasteiger charge is -2.36. The van der Waals surface area contributed by atoms with E-state index in [4.69, 9.17) is 4.98 Å². The number of hydrogen-bond acceptors (Lipinski definition) is 4. The zero-order valence-electron chi connectivity index (χ0n) is 16.4. The molecule has 2 aromatic carbocycles. The first-order valence-electron chi connectivity index (χ1n) is 9.70. The van der Waals surface area contributed by atoms with Gasteiger partial charge in [0.05, 0.1) is 12.1 Å². The Morgan fingerprint density at radius 3 is 2.57 bits per heavy atom. The third kappa shape index (κ3) is 4.09. The second kappa shape index (κ2) is 8.15. The van der Waals surface area contributed by atoms with Crippen LogP contribution in [0.3, 0.4) is 0 Å². The minimum Gasteiger partial charge on any atom is -0.368 e. The van der Waals surface area contributed by atoms with Gasteiger partial charge in [-0.05, 0) is 31.5 Å². The summed E-state index contributed by atoms with van der Waals surface area (Å²) in [4.78, 5) is 21.8. The number of rotatable bonds is 4. The Labute approximate surface area is 170 Å². The molecule has 0 atom stereocenters. The normalized spacial score (nSPS) is 14.4. The smallest absolute Gasteiger partial charge is 0.228 e. The van der Waals surface area contributed by atoms with Gasteiger partial charge >= 0.3 is 0 Å². The summed E-state index contributed by atoms with van der Waals surface area (Å²) in [6.45, 7) is 7.51. The van der Waals surface area contributed by atoms with Crippen molar-refractivity contribution in [3.05, 3.63) is 70.7 Å². The summed E-state index contributed by atoms with van der Waals surface area (Å²) in [7, 11) is 0. The number of anilines is 1. The molecule has 4 rings (SSSR count). The number of hydrogen-bond donors (Lipinski definition) is 0. The predicted octanol–water partition coefficient (Wildman–Crippen LogP) is 4.32. The maximum atomic E-state index is 12.7. The largest absolute Gasteiger partial charge is 0.368 e. The zero-order valence-corrected chi connectivity index (χ0v) is 17.2. The van der Waals surface area contributed by atoms with Crippen molar-refractivity contribution in [1.29, 1.82) is 0 Å². The van der Waals surface area contributed by atoms with Crippen molar-refractivity contribution in [3.8, 4) is 10.6 Å². The van der Waals surface area contributed by atoms with E-state index in [1.807, 2.05) is 16.3 Å². The summed E-state index contributed by atoms with van der Waals surface area (Å²) < 4.78 is 0. The van der Waals surface area contributed by atoms with Gasteiger partial charge in [0.15, 0.2) is 0 Å². The summed E-state index contributed by atoms with van der Waals surface area (Å²) in [5.74, 6) is 0.172. The molecule has 0 N–H and O–H groups in total. The highest BCUT2D eigenvalue weighted by atomic mass is 32.1. The highest BCUT2D eigenvalue weighted by Gasteiger charge is 2.22. The number of nitrogens with zero attached hydrogens (tertiary/aromatic N) is 3. The Balaban J connectivity index is 1.36. The number of piperazine rings is 1. The molecule has 4 nitrogen and oxygen atoms in total. The Morgan fingerprint density at radius 2 is 1.82 bits per heavy atom. The van der Waals surface area contributed by atoms with Gasteiger partial charge in [-0.3, -0.25) is 4.79 Å². The third-order valence-electron chi connectivity index (χ3n) is 5.24. The third-order valence-corrected chi connectivity index (χ3v) is 6.18. The second-order valence-electron chi connectivity index (χ2n) is 7.34. The number of aryl methyl sites for hydroxylation is 2. The topological polar surface area (TPSA) is 36.4 Å². The molecule has 3 aromatic rings. The van der Waals surface area contributed by atoms with Crippen LogP contribution in [-0.4, -0.2) is 42.0 Å². The van der Waals surface area contributed by atoms with E-state index >= 15 is 0 Å². The SMILES string of the molecule is Cc1cccc(-c2nc(CC(=O)N3CCN(c4ccccc4C)CC3)cs2)c1. The van der Waals surface area contributed by atoms with E-state index in [0.717, 1.165) is 42.4 Å². The average molecular weight is 392 g/mol. The second-order valence-corrected chi connectivity index (χ2v) is 8.20. The van der Waals surface area contributed by atoms with Gasteiger partial charge in [0.2, 0.25) is 5.91 Å². The van der Waals surface area contributed by atoms with E-state index in [9.17, 15) is 4.79 Å². The summed E-state index contributed by atoms with van der Waals surface area (Å²) in [6.07, 6.45) is 0.382. The predicted molar refractivity (Wildman–Crippen MR) is 116 cm³/mol. The molecule has 1 saturated heterocycles. The highest BCUT2D eigenvalue weighted by Crippen LogP contribution is 2.25. The van der Waals surface area contributed by atoms with E-state index in [0.29, 0.717) is 6.42 Å². The first-order chi connectivity index (χ1) is 13.6. The van der Waals surface area contributed by atoms with Gasteiger partial charge in [-0.1, -0.05) is 42.0 Å². The molecule has 5 heteroatoms. The van der Waals surface area contributed by atoms with Gasteiger partial charge in [-0.2, -0.15) is 0 Å². The van der Waals surface area contributed by atoms with Crippen molar-refractivity contribution in [3.63, 3.8) is 0 Å². The number of aromatic nitrogens is 1. The molecule has 1 aliphatic heterocycles. The van der Waals surface area contributed by atoms with E-state index in [1.54, 1.807) is 11.3 Å². The summed E-state index contributed by atoms with van der Waals surface area (Å²) in [5.41, 5.74) is 5.77. The molecule has 0 unspecified atom stereocenters. The van der Waals surface area contributed by atoms with Gasteiger partial charge in [-0.15, -0.1) is 11.3 Å². The van der Waals surface area contributed by atoms with Crippen LogP contribution in [0.15, 0.2) is 53.9 Å². The minimum atomic E-state index is 0.172. The molecule has 144 valence electrons. The Morgan fingerprint density at radius 1 is 1.04 bits per heavy atom. The Kier molecular flexibility index (Phi) is 5.44. The average Bonchev–Trinajstić information content (AvgIpc) is 3.17. The maximum absolute atomic E-state index is 12.7. The van der Waals surface area contributed by atoms with Crippen molar-refractivity contribution >= 4 is 22.9 Å². The van der Waals surface area contributed by atoms with E-state index < -0.39 is 0 Å². The molecular weight excluding hydrogens is 366 g/mol. The molecule has 1 fully saturated rings. The number of thiazole rings is 1. The van der Waals surface area contributed by atoms with Crippen molar-refractivity contribution in [1.82, 2.24) is 9.88 Å². The molecule has 0 radical (unpaired) electrons. The van der Waals surface area contributed by atoms with Crippen molar-refractivity contribution in [2.75, 3.05) is 31.1 Å². The lowest BCUT2D eigenvalue weighted by molar-refractivity contribution is -0.130. The highest BCUT2D eigenvalue weighted by molar-refractivity contribution is 7.13. The number of benzene rings is 2. The molecule has 28 heavy (non-hydrogen) atoms. The van der Waals surface area contributed by atoms with Crippen LogP contribution in [0.2, 0.25) is 0 Å². The van der Waals surface area contributed by atoms with Gasteiger partial charge in [0.25, 0.3) is 0 Å². The van der Waals surface area contributed by atoms with E-state index in [2.05, 4.69) is 61.2 Å². The van der Waals surface area contributed by atoms with E-state index in [1.165, 1.54) is 16.8 Å². The fraction of sp³-hybridized carbons (Fsp3) is 0.304. The van der Waals surface area contributed by atoms with Gasteiger partial charge in [-0.25, -0.2) is 4.98 Å². The standard InChI is InChI=1S/C23H25N3OS/c1-17-6-5-8-19(14-17)23-24-20(16-28-23)15-22(27)26-12-10-25(11-13-26)21-9-4-3-7-18(21)2/h3-9,14,16H,10-13,15H2,1-2H3. The van der Waals surface area contributed by atoms with Crippen LogP contribution in [0.5, 0.6) is 0 Å². The molecule has 1 aromatic heterocycles. The van der Waals surface area contributed by atoms with Crippen LogP contribution in [0.4, 0.5) is 5.69 Å². The lowest BCUT2D eigenvalue weighted by Crippen LogP contribution is -2.49. The van der Waals surface area contributed by atoms with Crippen molar-refractivity contribution in [2.45, 2.75) is 20.3 Å². The van der Waals surface area contributed by atoms with Crippen LogP contribution < -0.4 is 4.90 Å². The van der Waals surface area contributed by atoms with Crippen LogP contribution in [0.25, 0.3) is 10.6 Å². The monoisotopic (exact) mass is 391 g/mol. The molecular formula is C23H25N3OS. The summed E-state index contributed by atoms with van der Waals surface area (Å²) in [6, 6.07) is 16.8. The summed E-state index contributed by atoms with van der Waals surface area (Å²) in [5, 5.41) is 3.00. The zero-order chi connectivity index (χ0) is 19.5. The van der Waals surface area contributed by atoms with Crippen LogP contribution >= 0.6 is 11.3 Å². The first kappa shape index (κ1) is 18.7. The molecule has 0 spiro atoms. The molecule has 1 aliphatic rings. The number of para-hydroxylation sites is 1. The molecule has 1 amide bonds. The van der Waals surface area contributed by atoms with Gasteiger partial charge < -0.3 is 9.80 Å². The summed E-state index contributed by atoms with van der Waals surface area (Å²) >= 11 is 1.61. The van der Waals surface area contributed by atoms with Crippen LogP contribution in [0, 0.1) is 13.8 Å². The quantitative estimate of drug-likeness (QED) is 0.665. The van der Waals surface area contributed by atoms with E-state index in [-0.39, 0.29) is 5.91 Å². The Bertz CT molecular complexity index is 973.